The average molecular weight is 366 g/mol. The first kappa shape index (κ1) is 13.5. The van der Waals surface area contributed by atoms with Gasteiger partial charge in [-0.2, -0.15) is 0 Å². The Bertz CT molecular complexity index is 779. The second kappa shape index (κ2) is 4.64. The highest BCUT2D eigenvalue weighted by atomic mass is 79.9. The fraction of sp³-hybridized carbons (Fsp3) is 0.200. The van der Waals surface area contributed by atoms with E-state index in [4.69, 9.17) is 4.74 Å². The van der Waals surface area contributed by atoms with Crippen molar-refractivity contribution in [1.29, 1.82) is 0 Å². The Kier molecular flexibility index (Phi) is 2.97. The SMILES string of the molecule is O=[S+]1([O-])N[C@@H]2Cc3ccccc3[C@@H]2Oc2cc(Br)ccc21. The Morgan fingerprint density at radius 2 is 2.10 bits per heavy atom. The van der Waals surface area contributed by atoms with Gasteiger partial charge in [-0.15, -0.1) is 4.72 Å². The van der Waals surface area contributed by atoms with Gasteiger partial charge in [0.05, 0.1) is 6.04 Å². The number of fused-ring (bicyclic) bond motifs is 4. The molecule has 0 bridgehead atoms. The zero-order valence-electron chi connectivity index (χ0n) is 10.9. The number of hydrogen-bond donors (Lipinski definition) is 1. The second-order valence-electron chi connectivity index (χ2n) is 5.26. The fourth-order valence-corrected chi connectivity index (χ4v) is 4.69. The molecule has 0 saturated heterocycles. The monoisotopic (exact) mass is 365 g/mol. The molecule has 2 aromatic rings. The van der Waals surface area contributed by atoms with Gasteiger partial charge in [0, 0.05) is 4.47 Å². The van der Waals surface area contributed by atoms with Gasteiger partial charge in [0.25, 0.3) is 0 Å². The Morgan fingerprint density at radius 3 is 2.95 bits per heavy atom. The summed E-state index contributed by atoms with van der Waals surface area (Å²) in [6.07, 6.45) is 0.362. The molecular formula is C15H12BrNO3S. The Balaban J connectivity index is 1.87. The smallest absolute Gasteiger partial charge is 0.216 e. The molecule has 1 aliphatic carbocycles. The lowest BCUT2D eigenvalue weighted by Gasteiger charge is -2.18. The van der Waals surface area contributed by atoms with E-state index in [0.717, 1.165) is 15.6 Å². The summed E-state index contributed by atoms with van der Waals surface area (Å²) in [6, 6.07) is 12.6. The van der Waals surface area contributed by atoms with E-state index in [2.05, 4.69) is 20.7 Å². The highest BCUT2D eigenvalue weighted by Gasteiger charge is 2.43. The molecule has 0 saturated carbocycles. The van der Waals surface area contributed by atoms with Crippen LogP contribution in [0.1, 0.15) is 17.2 Å². The van der Waals surface area contributed by atoms with Crippen LogP contribution >= 0.6 is 15.9 Å². The molecule has 2 aromatic carbocycles. The van der Waals surface area contributed by atoms with Crippen molar-refractivity contribution in [3.05, 3.63) is 58.1 Å². The molecule has 3 atom stereocenters. The average Bonchev–Trinajstić information content (AvgIpc) is 2.70. The first-order valence-electron chi connectivity index (χ1n) is 6.61. The summed E-state index contributed by atoms with van der Waals surface area (Å²) in [5, 5.41) is 0. The zero-order valence-corrected chi connectivity index (χ0v) is 13.3. The molecular weight excluding hydrogens is 354 g/mol. The summed E-state index contributed by atoms with van der Waals surface area (Å²) >= 11 is 3.36. The number of sulfonamides is 1. The van der Waals surface area contributed by atoms with E-state index in [9.17, 15) is 8.76 Å². The molecule has 6 heteroatoms. The van der Waals surface area contributed by atoms with Crippen LogP contribution in [0.3, 0.4) is 0 Å². The molecule has 108 valence electrons. The molecule has 0 amide bonds. The van der Waals surface area contributed by atoms with Crippen LogP contribution in [0, 0.1) is 0 Å². The van der Waals surface area contributed by atoms with Gasteiger partial charge in [-0.3, -0.25) is 0 Å². The summed E-state index contributed by atoms with van der Waals surface area (Å²) in [5.74, 6) is 0.390. The number of nitrogens with one attached hydrogen (secondary N) is 1. The van der Waals surface area contributed by atoms with Gasteiger partial charge in [0.15, 0.2) is 16.1 Å². The second-order valence-corrected chi connectivity index (χ2v) is 7.86. The minimum Gasteiger partial charge on any atom is -0.593 e. The number of rotatable bonds is 0. The number of halogens is 1. The normalized spacial score (nSPS) is 29.8. The molecule has 1 unspecified atom stereocenters. The maximum absolute atomic E-state index is 12.5. The molecule has 1 heterocycles. The van der Waals surface area contributed by atoms with E-state index in [-0.39, 0.29) is 17.0 Å². The third-order valence-corrected chi connectivity index (χ3v) is 5.95. The van der Waals surface area contributed by atoms with E-state index < -0.39 is 10.4 Å². The molecule has 2 aliphatic rings. The summed E-state index contributed by atoms with van der Waals surface area (Å²) < 4.78 is 34.6. The van der Waals surface area contributed by atoms with Gasteiger partial charge in [0.1, 0.15) is 6.10 Å². The van der Waals surface area contributed by atoms with E-state index in [1.54, 1.807) is 18.2 Å². The predicted molar refractivity (Wildman–Crippen MR) is 81.7 cm³/mol. The third kappa shape index (κ3) is 2.14. The Hall–Kier alpha value is -1.21. The molecule has 4 rings (SSSR count). The first-order valence-corrected chi connectivity index (χ1v) is 8.88. The van der Waals surface area contributed by atoms with E-state index in [0.29, 0.717) is 12.2 Å². The number of hydrogen-bond acceptors (Lipinski definition) is 3. The van der Waals surface area contributed by atoms with Crippen LogP contribution in [-0.4, -0.2) is 10.6 Å². The lowest BCUT2D eigenvalue weighted by molar-refractivity contribution is 0.179. The summed E-state index contributed by atoms with van der Waals surface area (Å²) in [6.45, 7) is 0. The molecule has 0 fully saturated rings. The van der Waals surface area contributed by atoms with Crippen molar-refractivity contribution in [3.63, 3.8) is 0 Å². The van der Waals surface area contributed by atoms with Crippen molar-refractivity contribution in [1.82, 2.24) is 4.72 Å². The van der Waals surface area contributed by atoms with Crippen molar-refractivity contribution in [2.24, 2.45) is 0 Å². The van der Waals surface area contributed by atoms with Gasteiger partial charge < -0.3 is 9.29 Å². The predicted octanol–water partition coefficient (Wildman–Crippen LogP) is 3.00. The Labute approximate surface area is 132 Å². The fourth-order valence-electron chi connectivity index (χ4n) is 3.00. The highest BCUT2D eigenvalue weighted by molar-refractivity contribution is 9.10. The van der Waals surface area contributed by atoms with Crippen LogP contribution in [0.4, 0.5) is 0 Å². The van der Waals surface area contributed by atoms with Crippen molar-refractivity contribution in [2.75, 3.05) is 0 Å². The van der Waals surface area contributed by atoms with Crippen molar-refractivity contribution < 1.29 is 13.5 Å². The number of benzene rings is 2. The van der Waals surface area contributed by atoms with Crippen LogP contribution in [0.2, 0.25) is 0 Å². The maximum atomic E-state index is 12.5. The maximum Gasteiger partial charge on any atom is 0.216 e. The molecule has 4 nitrogen and oxygen atoms in total. The van der Waals surface area contributed by atoms with Crippen molar-refractivity contribution in [3.8, 4) is 5.75 Å². The van der Waals surface area contributed by atoms with E-state index in [1.807, 2.05) is 24.3 Å². The summed E-state index contributed by atoms with van der Waals surface area (Å²) in [4.78, 5) is 0.192. The van der Waals surface area contributed by atoms with Gasteiger partial charge in [-0.05, 0) is 35.7 Å². The Morgan fingerprint density at radius 1 is 1.29 bits per heavy atom. The van der Waals surface area contributed by atoms with Crippen LogP contribution in [0.5, 0.6) is 5.75 Å². The van der Waals surface area contributed by atoms with Crippen molar-refractivity contribution >= 4 is 26.3 Å². The summed E-state index contributed by atoms with van der Waals surface area (Å²) in [5.41, 5.74) is 2.19. The lowest BCUT2D eigenvalue weighted by atomic mass is 10.1. The van der Waals surface area contributed by atoms with Crippen LogP contribution < -0.4 is 9.46 Å². The van der Waals surface area contributed by atoms with Crippen LogP contribution in [-0.2, 0) is 21.0 Å². The molecule has 0 aromatic heterocycles. The standard InChI is InChI=1S/C15H12BrNO3S/c16-10-5-6-14-13(8-10)20-15-11-4-2-1-3-9(11)7-12(15)17-21(14,18)19/h1-6,8,12,15H,7H2,(H-,17,18,19)/t12-,15+/m1/s1. The van der Waals surface area contributed by atoms with Gasteiger partial charge in [0.2, 0.25) is 4.90 Å². The molecule has 1 N–H and O–H groups in total. The topological polar surface area (TPSA) is 61.4 Å². The molecule has 0 spiro atoms. The zero-order chi connectivity index (χ0) is 14.6. The third-order valence-electron chi connectivity index (χ3n) is 3.92. The quantitative estimate of drug-likeness (QED) is 0.730. The summed E-state index contributed by atoms with van der Waals surface area (Å²) in [7, 11) is -3.56. The van der Waals surface area contributed by atoms with Crippen molar-refractivity contribution in [2.45, 2.75) is 23.5 Å². The van der Waals surface area contributed by atoms with Gasteiger partial charge in [-0.25, -0.2) is 0 Å². The molecule has 21 heavy (non-hydrogen) atoms. The van der Waals surface area contributed by atoms with Crippen LogP contribution in [0.15, 0.2) is 51.8 Å². The van der Waals surface area contributed by atoms with Gasteiger partial charge >= 0.3 is 0 Å². The van der Waals surface area contributed by atoms with E-state index in [1.165, 1.54) is 0 Å². The number of ether oxygens (including phenoxy) is 1. The van der Waals surface area contributed by atoms with Crippen LogP contribution in [0.25, 0.3) is 0 Å². The highest BCUT2D eigenvalue weighted by Crippen LogP contribution is 2.42. The first-order chi connectivity index (χ1) is 10.0. The lowest BCUT2D eigenvalue weighted by Crippen LogP contribution is -2.40. The minimum atomic E-state index is -3.56. The minimum absolute atomic E-state index is 0.192. The van der Waals surface area contributed by atoms with E-state index >= 15 is 0 Å². The molecule has 1 aliphatic heterocycles. The largest absolute Gasteiger partial charge is 0.593 e. The molecule has 0 radical (unpaired) electrons. The van der Waals surface area contributed by atoms with Gasteiger partial charge in [-0.1, -0.05) is 44.4 Å².